The summed E-state index contributed by atoms with van der Waals surface area (Å²) in [7, 11) is 1.33. The van der Waals surface area contributed by atoms with Crippen LogP contribution in [0.15, 0.2) is 18.2 Å². The molecule has 6 heteroatoms. The maximum Gasteiger partial charge on any atom is 0.337 e. The third-order valence-electron chi connectivity index (χ3n) is 2.16. The molecule has 1 heterocycles. The molecule has 6 nitrogen and oxygen atoms in total. The Morgan fingerprint density at radius 2 is 2.00 bits per heavy atom. The van der Waals surface area contributed by atoms with Crippen molar-refractivity contribution in [3.8, 4) is 0 Å². The Morgan fingerprint density at radius 3 is 2.56 bits per heavy atom. The highest BCUT2D eigenvalue weighted by molar-refractivity contribution is 6.01. The van der Waals surface area contributed by atoms with E-state index in [2.05, 4.69) is 10.1 Å². The summed E-state index contributed by atoms with van der Waals surface area (Å²) >= 11 is 0. The zero-order chi connectivity index (χ0) is 13.7. The van der Waals surface area contributed by atoms with E-state index >= 15 is 0 Å². The van der Waals surface area contributed by atoms with Crippen LogP contribution in [-0.4, -0.2) is 30.1 Å². The van der Waals surface area contributed by atoms with Crippen molar-refractivity contribution in [2.24, 2.45) is 0 Å². The van der Waals surface area contributed by atoms with Crippen LogP contribution in [0.2, 0.25) is 0 Å². The van der Waals surface area contributed by atoms with Gasteiger partial charge in [0.2, 0.25) is 5.91 Å². The molecule has 0 bridgehead atoms. The molecule has 1 aliphatic rings. The highest BCUT2D eigenvalue weighted by atomic mass is 16.5. The quantitative estimate of drug-likeness (QED) is 0.728. The average molecular weight is 251 g/mol. The van der Waals surface area contributed by atoms with Crippen LogP contribution in [0, 0.1) is 0 Å². The molecule has 0 radical (unpaired) electrons. The molecule has 0 spiro atoms. The number of carboxylic acids is 1. The van der Waals surface area contributed by atoms with Crippen LogP contribution in [0.1, 0.15) is 22.8 Å². The average Bonchev–Trinajstić information content (AvgIpc) is 2.66. The molecule has 0 saturated carbocycles. The van der Waals surface area contributed by atoms with E-state index in [9.17, 15) is 9.59 Å². The minimum Gasteiger partial charge on any atom is -0.481 e. The summed E-state index contributed by atoms with van der Waals surface area (Å²) in [6, 6.07) is 5.05. The third-order valence-corrected chi connectivity index (χ3v) is 2.16. The first-order valence-corrected chi connectivity index (χ1v) is 5.14. The van der Waals surface area contributed by atoms with E-state index in [1.54, 1.807) is 18.2 Å². The van der Waals surface area contributed by atoms with Crippen molar-refractivity contribution < 1.29 is 24.2 Å². The first-order valence-electron chi connectivity index (χ1n) is 5.14. The van der Waals surface area contributed by atoms with Gasteiger partial charge in [0.1, 0.15) is 0 Å². The summed E-state index contributed by atoms with van der Waals surface area (Å²) in [5.41, 5.74) is 2.08. The first-order chi connectivity index (χ1) is 8.43. The number of ether oxygens (including phenoxy) is 1. The molecule has 1 aliphatic heterocycles. The molecule has 1 amide bonds. The lowest BCUT2D eigenvalue weighted by Gasteiger charge is -2.01. The maximum atomic E-state index is 11.2. The Morgan fingerprint density at radius 1 is 1.39 bits per heavy atom. The van der Waals surface area contributed by atoms with E-state index in [4.69, 9.17) is 9.90 Å². The number of benzene rings is 1. The van der Waals surface area contributed by atoms with Crippen molar-refractivity contribution in [1.29, 1.82) is 0 Å². The second kappa shape index (κ2) is 5.81. The number of hydrogen-bond donors (Lipinski definition) is 2. The summed E-state index contributed by atoms with van der Waals surface area (Å²) < 4.78 is 4.57. The van der Waals surface area contributed by atoms with Gasteiger partial charge in [0.25, 0.3) is 5.97 Å². The van der Waals surface area contributed by atoms with E-state index in [1.807, 2.05) is 0 Å². The maximum absolute atomic E-state index is 11.2. The Balaban J connectivity index is 0.000000357. The Hall–Kier alpha value is -2.37. The zero-order valence-corrected chi connectivity index (χ0v) is 10.0. The molecule has 2 N–H and O–H groups in total. The molecule has 0 saturated heterocycles. The number of amides is 1. The molecular weight excluding hydrogens is 238 g/mol. The molecule has 0 aromatic heterocycles. The molecule has 0 fully saturated rings. The van der Waals surface area contributed by atoms with Gasteiger partial charge in [-0.2, -0.15) is 0 Å². The number of carbonyl (C=O) groups excluding carboxylic acids is 2. The van der Waals surface area contributed by atoms with Crippen molar-refractivity contribution in [3.63, 3.8) is 0 Å². The van der Waals surface area contributed by atoms with E-state index < -0.39 is 11.9 Å². The number of aliphatic carboxylic acids is 1. The lowest BCUT2D eigenvalue weighted by Crippen LogP contribution is -2.04. The monoisotopic (exact) mass is 251 g/mol. The van der Waals surface area contributed by atoms with Gasteiger partial charge in [0, 0.05) is 12.6 Å². The van der Waals surface area contributed by atoms with Crippen molar-refractivity contribution in [2.45, 2.75) is 13.3 Å². The molecule has 1 aromatic carbocycles. The fourth-order valence-electron chi connectivity index (χ4n) is 1.46. The number of methoxy groups -OCH3 is 1. The highest BCUT2D eigenvalue weighted by Gasteiger charge is 2.18. The van der Waals surface area contributed by atoms with Crippen LogP contribution in [0.4, 0.5) is 5.69 Å². The number of carboxylic acid groups (broad SMARTS) is 1. The second-order valence-electron chi connectivity index (χ2n) is 3.61. The Labute approximate surface area is 104 Å². The highest BCUT2D eigenvalue weighted by Crippen LogP contribution is 2.24. The summed E-state index contributed by atoms with van der Waals surface area (Å²) in [6.45, 7) is 1.08. The minimum atomic E-state index is -0.833. The molecule has 2 rings (SSSR count). The first kappa shape index (κ1) is 13.7. The number of fused-ring (bicyclic) bond motifs is 1. The van der Waals surface area contributed by atoms with Gasteiger partial charge in [0.05, 0.1) is 19.1 Å². The smallest absolute Gasteiger partial charge is 0.337 e. The summed E-state index contributed by atoms with van der Waals surface area (Å²) in [4.78, 5) is 31.2. The Kier molecular flexibility index (Phi) is 4.42. The van der Waals surface area contributed by atoms with Crippen molar-refractivity contribution >= 4 is 23.5 Å². The number of esters is 1. The minimum absolute atomic E-state index is 0.0398. The molecule has 0 aliphatic carbocycles. The molecule has 0 unspecified atom stereocenters. The van der Waals surface area contributed by atoms with Gasteiger partial charge < -0.3 is 15.2 Å². The second-order valence-corrected chi connectivity index (χ2v) is 3.61. The molecule has 18 heavy (non-hydrogen) atoms. The SMILES string of the molecule is CC(=O)O.COC(=O)c1ccc2c(c1)NC(=O)C2. The fraction of sp³-hybridized carbons (Fsp3) is 0.250. The van der Waals surface area contributed by atoms with Gasteiger partial charge in [-0.3, -0.25) is 9.59 Å². The normalized spacial score (nSPS) is 11.8. The molecule has 1 aromatic rings. The summed E-state index contributed by atoms with van der Waals surface area (Å²) in [5, 5.41) is 10.1. The number of rotatable bonds is 1. The predicted molar refractivity (Wildman–Crippen MR) is 63.4 cm³/mol. The van der Waals surface area contributed by atoms with E-state index in [-0.39, 0.29) is 5.91 Å². The summed E-state index contributed by atoms with van der Waals surface area (Å²) in [6.07, 6.45) is 0.386. The van der Waals surface area contributed by atoms with Crippen LogP contribution < -0.4 is 5.32 Å². The van der Waals surface area contributed by atoms with Crippen molar-refractivity contribution in [1.82, 2.24) is 0 Å². The largest absolute Gasteiger partial charge is 0.481 e. The summed E-state index contributed by atoms with van der Waals surface area (Å²) in [5.74, 6) is -1.27. The van der Waals surface area contributed by atoms with Gasteiger partial charge in [-0.25, -0.2) is 4.79 Å². The lowest BCUT2D eigenvalue weighted by molar-refractivity contribution is -0.134. The Bertz CT molecular complexity index is 491. The van der Waals surface area contributed by atoms with E-state index in [0.717, 1.165) is 12.5 Å². The van der Waals surface area contributed by atoms with Crippen LogP contribution in [0.25, 0.3) is 0 Å². The number of carbonyl (C=O) groups is 3. The van der Waals surface area contributed by atoms with Gasteiger partial charge in [-0.15, -0.1) is 0 Å². The van der Waals surface area contributed by atoms with Crippen LogP contribution in [-0.2, 0) is 20.7 Å². The van der Waals surface area contributed by atoms with E-state index in [0.29, 0.717) is 17.7 Å². The van der Waals surface area contributed by atoms with Gasteiger partial charge in [0.15, 0.2) is 0 Å². The fourth-order valence-corrected chi connectivity index (χ4v) is 1.46. The van der Waals surface area contributed by atoms with Crippen molar-refractivity contribution in [2.75, 3.05) is 12.4 Å². The molecule has 0 atom stereocenters. The predicted octanol–water partition coefficient (Wildman–Crippen LogP) is 1.06. The number of nitrogens with one attached hydrogen (secondary N) is 1. The third kappa shape index (κ3) is 3.58. The van der Waals surface area contributed by atoms with Gasteiger partial charge in [-0.05, 0) is 17.7 Å². The van der Waals surface area contributed by atoms with E-state index in [1.165, 1.54) is 7.11 Å². The van der Waals surface area contributed by atoms with Gasteiger partial charge >= 0.3 is 5.97 Å². The van der Waals surface area contributed by atoms with Gasteiger partial charge in [-0.1, -0.05) is 6.07 Å². The molecular formula is C12H13NO5. The topological polar surface area (TPSA) is 92.7 Å². The molecule has 96 valence electrons. The van der Waals surface area contributed by atoms with Crippen LogP contribution >= 0.6 is 0 Å². The van der Waals surface area contributed by atoms with Crippen LogP contribution in [0.5, 0.6) is 0 Å². The zero-order valence-electron chi connectivity index (χ0n) is 10.0. The standard InChI is InChI=1S/C10H9NO3.C2H4O2/c1-14-10(13)7-3-2-6-5-9(12)11-8(6)4-7;1-2(3)4/h2-4H,5H2,1H3,(H,11,12);1H3,(H,3,4). The number of anilines is 1. The number of hydrogen-bond acceptors (Lipinski definition) is 4. The van der Waals surface area contributed by atoms with Crippen molar-refractivity contribution in [3.05, 3.63) is 29.3 Å². The lowest BCUT2D eigenvalue weighted by atomic mass is 10.1. The van der Waals surface area contributed by atoms with Crippen LogP contribution in [0.3, 0.4) is 0 Å².